The van der Waals surface area contributed by atoms with Crippen LogP contribution in [0.15, 0.2) is 72.3 Å². The van der Waals surface area contributed by atoms with Gasteiger partial charge in [-0.25, -0.2) is 0 Å². The lowest BCUT2D eigenvalue weighted by atomic mass is 10.1. The van der Waals surface area contributed by atoms with Crippen LogP contribution in [0.4, 0.5) is 5.69 Å². The fourth-order valence-electron chi connectivity index (χ4n) is 2.85. The highest BCUT2D eigenvalue weighted by molar-refractivity contribution is 7.80. The number of thiophene rings is 1. The Labute approximate surface area is 177 Å². The lowest BCUT2D eigenvalue weighted by Gasteiger charge is -2.28. The minimum absolute atomic E-state index is 0.0464. The first-order valence-corrected chi connectivity index (χ1v) is 10.0. The van der Waals surface area contributed by atoms with E-state index in [-0.39, 0.29) is 10.7 Å². The third kappa shape index (κ3) is 4.11. The van der Waals surface area contributed by atoms with E-state index >= 15 is 0 Å². The minimum Gasteiger partial charge on any atom is -0.457 e. The zero-order valence-corrected chi connectivity index (χ0v) is 17.0. The van der Waals surface area contributed by atoms with Gasteiger partial charge in [0.2, 0.25) is 0 Å². The van der Waals surface area contributed by atoms with Crippen molar-refractivity contribution in [1.29, 1.82) is 0 Å². The highest BCUT2D eigenvalue weighted by atomic mass is 32.1. The standard InChI is InChI=1S/C22H16N2O3S2/c1-14-7-12-18(29-14)13-19-20(25)23-22(28)24(21(19)26)15-8-10-17(11-9-15)27-16-5-3-2-4-6-16/h2-13H,1H3,(H,23,25,28)/b19-13+. The van der Waals surface area contributed by atoms with Gasteiger partial charge in [-0.05, 0) is 73.7 Å². The van der Waals surface area contributed by atoms with Crippen LogP contribution < -0.4 is 15.0 Å². The van der Waals surface area contributed by atoms with Crippen molar-refractivity contribution in [3.63, 3.8) is 0 Å². The van der Waals surface area contributed by atoms with Gasteiger partial charge in [-0.3, -0.25) is 19.8 Å². The molecule has 0 saturated carbocycles. The largest absolute Gasteiger partial charge is 0.457 e. The first-order valence-electron chi connectivity index (χ1n) is 8.82. The summed E-state index contributed by atoms with van der Waals surface area (Å²) in [6.07, 6.45) is 1.59. The Hall–Kier alpha value is -3.29. The molecule has 0 spiro atoms. The Balaban J connectivity index is 1.59. The molecule has 5 nitrogen and oxygen atoms in total. The predicted molar refractivity (Wildman–Crippen MR) is 118 cm³/mol. The van der Waals surface area contributed by atoms with Gasteiger partial charge in [-0.15, -0.1) is 11.3 Å². The van der Waals surface area contributed by atoms with Crippen molar-refractivity contribution >= 4 is 52.2 Å². The van der Waals surface area contributed by atoms with Crippen molar-refractivity contribution < 1.29 is 14.3 Å². The molecule has 2 aromatic carbocycles. The topological polar surface area (TPSA) is 58.6 Å². The van der Waals surface area contributed by atoms with Crippen LogP contribution in [0, 0.1) is 6.92 Å². The first-order chi connectivity index (χ1) is 14.0. The number of para-hydroxylation sites is 1. The van der Waals surface area contributed by atoms with Crippen LogP contribution in [-0.4, -0.2) is 16.9 Å². The summed E-state index contributed by atoms with van der Waals surface area (Å²) in [5, 5.41) is 2.64. The summed E-state index contributed by atoms with van der Waals surface area (Å²) < 4.78 is 5.78. The number of anilines is 1. The molecule has 29 heavy (non-hydrogen) atoms. The van der Waals surface area contributed by atoms with Gasteiger partial charge in [0, 0.05) is 9.75 Å². The molecule has 0 unspecified atom stereocenters. The fourth-order valence-corrected chi connectivity index (χ4v) is 3.95. The lowest BCUT2D eigenvalue weighted by Crippen LogP contribution is -2.54. The number of ether oxygens (including phenoxy) is 1. The summed E-state index contributed by atoms with van der Waals surface area (Å²) >= 11 is 6.75. The molecule has 0 radical (unpaired) electrons. The number of rotatable bonds is 4. The SMILES string of the molecule is Cc1ccc(/C=C2\C(=O)NC(=S)N(c3ccc(Oc4ccccc4)cc3)C2=O)s1. The molecule has 144 valence electrons. The average molecular weight is 421 g/mol. The Bertz CT molecular complexity index is 1120. The molecular weight excluding hydrogens is 404 g/mol. The minimum atomic E-state index is -0.494. The Morgan fingerprint density at radius 3 is 2.31 bits per heavy atom. The molecule has 1 saturated heterocycles. The third-order valence-electron chi connectivity index (χ3n) is 4.22. The Morgan fingerprint density at radius 1 is 0.966 bits per heavy atom. The number of carbonyl (C=O) groups is 2. The molecule has 0 aliphatic carbocycles. The molecule has 7 heteroatoms. The molecule has 1 aromatic heterocycles. The van der Waals surface area contributed by atoms with E-state index in [9.17, 15) is 9.59 Å². The second-order valence-corrected chi connectivity index (χ2v) is 8.02. The maximum absolute atomic E-state index is 13.0. The molecular formula is C22H16N2O3S2. The van der Waals surface area contributed by atoms with E-state index in [2.05, 4.69) is 5.32 Å². The van der Waals surface area contributed by atoms with Crippen LogP contribution >= 0.6 is 23.6 Å². The van der Waals surface area contributed by atoms with Crippen molar-refractivity contribution in [3.8, 4) is 11.5 Å². The summed E-state index contributed by atoms with van der Waals surface area (Å²) in [4.78, 5) is 28.6. The number of benzene rings is 2. The van der Waals surface area contributed by atoms with E-state index in [4.69, 9.17) is 17.0 Å². The van der Waals surface area contributed by atoms with Gasteiger partial charge in [0.15, 0.2) is 5.11 Å². The zero-order valence-electron chi connectivity index (χ0n) is 15.4. The second kappa shape index (κ2) is 7.98. The number of nitrogens with one attached hydrogen (secondary N) is 1. The smallest absolute Gasteiger partial charge is 0.270 e. The molecule has 2 heterocycles. The number of nitrogens with zero attached hydrogens (tertiary/aromatic N) is 1. The number of amides is 2. The summed E-state index contributed by atoms with van der Waals surface area (Å²) in [6.45, 7) is 1.97. The van der Waals surface area contributed by atoms with Crippen LogP contribution in [0.5, 0.6) is 11.5 Å². The van der Waals surface area contributed by atoms with Crippen molar-refractivity contribution in [2.24, 2.45) is 0 Å². The summed E-state index contributed by atoms with van der Waals surface area (Å²) in [6, 6.07) is 20.2. The van der Waals surface area contributed by atoms with Crippen molar-refractivity contribution in [2.45, 2.75) is 6.92 Å². The van der Waals surface area contributed by atoms with Crippen LogP contribution in [0.3, 0.4) is 0 Å². The molecule has 1 aliphatic heterocycles. The summed E-state index contributed by atoms with van der Waals surface area (Å²) in [5.74, 6) is 0.394. The van der Waals surface area contributed by atoms with Crippen molar-refractivity contribution in [2.75, 3.05) is 4.90 Å². The van der Waals surface area contributed by atoms with Gasteiger partial charge in [-0.2, -0.15) is 0 Å². The maximum Gasteiger partial charge on any atom is 0.270 e. The lowest BCUT2D eigenvalue weighted by molar-refractivity contribution is -0.122. The van der Waals surface area contributed by atoms with E-state index in [1.54, 1.807) is 30.3 Å². The monoisotopic (exact) mass is 420 g/mol. The van der Waals surface area contributed by atoms with Crippen molar-refractivity contribution in [3.05, 3.63) is 82.1 Å². The zero-order chi connectivity index (χ0) is 20.4. The maximum atomic E-state index is 13.0. The highest BCUT2D eigenvalue weighted by Crippen LogP contribution is 2.27. The molecule has 1 N–H and O–H groups in total. The van der Waals surface area contributed by atoms with Crippen LogP contribution in [0.25, 0.3) is 6.08 Å². The molecule has 4 rings (SSSR count). The van der Waals surface area contributed by atoms with E-state index in [0.29, 0.717) is 17.2 Å². The number of thiocarbonyl (C=S) groups is 1. The van der Waals surface area contributed by atoms with E-state index in [1.807, 2.05) is 49.4 Å². The normalized spacial score (nSPS) is 15.6. The summed E-state index contributed by atoms with van der Waals surface area (Å²) in [5.41, 5.74) is 0.596. The first kappa shape index (κ1) is 19.0. The molecule has 0 bridgehead atoms. The quantitative estimate of drug-likeness (QED) is 0.378. The van der Waals surface area contributed by atoms with Gasteiger partial charge in [0.1, 0.15) is 17.1 Å². The number of carbonyl (C=O) groups excluding carboxylic acids is 2. The van der Waals surface area contributed by atoms with E-state index in [0.717, 1.165) is 9.75 Å². The number of aryl methyl sites for hydroxylation is 1. The highest BCUT2D eigenvalue weighted by Gasteiger charge is 2.34. The van der Waals surface area contributed by atoms with E-state index < -0.39 is 11.8 Å². The van der Waals surface area contributed by atoms with Gasteiger partial charge < -0.3 is 4.74 Å². The molecule has 3 aromatic rings. The van der Waals surface area contributed by atoms with Crippen molar-refractivity contribution in [1.82, 2.24) is 5.32 Å². The fraction of sp³-hybridized carbons (Fsp3) is 0.0455. The van der Waals surface area contributed by atoms with Crippen LogP contribution in [0.2, 0.25) is 0 Å². The number of hydrogen-bond acceptors (Lipinski definition) is 5. The molecule has 0 atom stereocenters. The van der Waals surface area contributed by atoms with Crippen LogP contribution in [0.1, 0.15) is 9.75 Å². The molecule has 1 fully saturated rings. The van der Waals surface area contributed by atoms with Crippen LogP contribution in [-0.2, 0) is 9.59 Å². The average Bonchev–Trinajstić information content (AvgIpc) is 3.12. The van der Waals surface area contributed by atoms with Gasteiger partial charge >= 0.3 is 0 Å². The van der Waals surface area contributed by atoms with E-state index in [1.165, 1.54) is 16.2 Å². The predicted octanol–water partition coefficient (Wildman–Crippen LogP) is 4.68. The van der Waals surface area contributed by atoms with Gasteiger partial charge in [-0.1, -0.05) is 18.2 Å². The van der Waals surface area contributed by atoms with Gasteiger partial charge in [0.25, 0.3) is 11.8 Å². The third-order valence-corrected chi connectivity index (χ3v) is 5.46. The molecule has 1 aliphatic rings. The summed E-state index contributed by atoms with van der Waals surface area (Å²) in [7, 11) is 0. The van der Waals surface area contributed by atoms with Gasteiger partial charge in [0.05, 0.1) is 5.69 Å². The number of hydrogen-bond donors (Lipinski definition) is 1. The second-order valence-electron chi connectivity index (χ2n) is 6.32. The molecule has 2 amide bonds. The Morgan fingerprint density at radius 2 is 1.66 bits per heavy atom. The Kier molecular flexibility index (Phi) is 5.24.